The highest BCUT2D eigenvalue weighted by molar-refractivity contribution is 5.76. The van der Waals surface area contributed by atoms with E-state index in [4.69, 9.17) is 5.26 Å². The first kappa shape index (κ1) is 15.3. The Bertz CT molecular complexity index is 361. The summed E-state index contributed by atoms with van der Waals surface area (Å²) in [6.45, 7) is 2.62. The van der Waals surface area contributed by atoms with Gasteiger partial charge in [0.2, 0.25) is 5.91 Å². The number of likely N-dealkylation sites (tertiary alicyclic amines) is 1. The van der Waals surface area contributed by atoms with Gasteiger partial charge in [0.25, 0.3) is 0 Å². The molecule has 112 valence electrons. The number of fused-ring (bicyclic) bond motifs is 1. The van der Waals surface area contributed by atoms with Crippen LogP contribution in [0.25, 0.3) is 0 Å². The molecule has 2 unspecified atom stereocenters. The Morgan fingerprint density at radius 3 is 2.85 bits per heavy atom. The number of rotatable bonds is 5. The van der Waals surface area contributed by atoms with E-state index in [1.807, 2.05) is 0 Å². The summed E-state index contributed by atoms with van der Waals surface area (Å²) < 4.78 is 0. The Kier molecular flexibility index (Phi) is 5.85. The Balaban J connectivity index is 1.77. The van der Waals surface area contributed by atoms with Crippen molar-refractivity contribution in [1.82, 2.24) is 9.80 Å². The van der Waals surface area contributed by atoms with E-state index in [9.17, 15) is 4.79 Å². The monoisotopic (exact) mass is 277 g/mol. The standard InChI is InChI=1S/C16H27N3O/c1-18(11-5-10-17)16(20)9-13-19-12-4-7-14-6-2-3-8-15(14)19/h14-15H,2-9,11-13H2,1H3. The molecule has 1 heterocycles. The van der Waals surface area contributed by atoms with Crippen LogP contribution in [0.5, 0.6) is 0 Å². The van der Waals surface area contributed by atoms with Crippen molar-refractivity contribution in [3.63, 3.8) is 0 Å². The zero-order valence-electron chi connectivity index (χ0n) is 12.7. The summed E-state index contributed by atoms with van der Waals surface area (Å²) in [6, 6.07) is 2.82. The van der Waals surface area contributed by atoms with E-state index in [-0.39, 0.29) is 5.91 Å². The molecule has 2 atom stereocenters. The van der Waals surface area contributed by atoms with Gasteiger partial charge in [0.05, 0.1) is 12.5 Å². The van der Waals surface area contributed by atoms with Crippen LogP contribution in [0.2, 0.25) is 0 Å². The van der Waals surface area contributed by atoms with Crippen molar-refractivity contribution in [2.45, 2.75) is 57.4 Å². The van der Waals surface area contributed by atoms with Crippen molar-refractivity contribution in [3.05, 3.63) is 0 Å². The lowest BCUT2D eigenvalue weighted by Gasteiger charge is -2.44. The van der Waals surface area contributed by atoms with Gasteiger partial charge in [0, 0.05) is 32.6 Å². The Morgan fingerprint density at radius 2 is 2.05 bits per heavy atom. The zero-order valence-corrected chi connectivity index (χ0v) is 12.7. The largest absolute Gasteiger partial charge is 0.345 e. The number of amides is 1. The summed E-state index contributed by atoms with van der Waals surface area (Å²) in [5, 5.41) is 8.56. The van der Waals surface area contributed by atoms with E-state index in [2.05, 4.69) is 11.0 Å². The Labute approximate surface area is 122 Å². The molecule has 0 spiro atoms. The quantitative estimate of drug-likeness (QED) is 0.775. The molecule has 2 rings (SSSR count). The lowest BCUT2D eigenvalue weighted by molar-refractivity contribution is -0.130. The minimum absolute atomic E-state index is 0.179. The molecule has 0 aromatic rings. The van der Waals surface area contributed by atoms with E-state index in [1.54, 1.807) is 11.9 Å². The highest BCUT2D eigenvalue weighted by atomic mass is 16.2. The molecule has 2 fully saturated rings. The number of carbonyl (C=O) groups excluding carboxylic acids is 1. The average Bonchev–Trinajstić information content (AvgIpc) is 2.50. The lowest BCUT2D eigenvalue weighted by atomic mass is 9.78. The molecule has 1 aliphatic carbocycles. The zero-order chi connectivity index (χ0) is 14.4. The van der Waals surface area contributed by atoms with Gasteiger partial charge in [-0.3, -0.25) is 9.69 Å². The molecular formula is C16H27N3O. The molecule has 4 heteroatoms. The van der Waals surface area contributed by atoms with Crippen LogP contribution in [0.3, 0.4) is 0 Å². The molecule has 1 amide bonds. The maximum absolute atomic E-state index is 12.0. The first-order valence-corrected chi connectivity index (χ1v) is 8.07. The van der Waals surface area contributed by atoms with Crippen LogP contribution in [-0.2, 0) is 4.79 Å². The van der Waals surface area contributed by atoms with E-state index in [1.165, 1.54) is 38.5 Å². The molecule has 1 saturated carbocycles. The highest BCUT2D eigenvalue weighted by Gasteiger charge is 2.33. The molecule has 1 aliphatic heterocycles. The van der Waals surface area contributed by atoms with Gasteiger partial charge in [-0.2, -0.15) is 5.26 Å². The van der Waals surface area contributed by atoms with Crippen LogP contribution in [0, 0.1) is 17.2 Å². The normalized spacial score (nSPS) is 26.6. The minimum Gasteiger partial charge on any atom is -0.345 e. The second-order valence-corrected chi connectivity index (χ2v) is 6.26. The van der Waals surface area contributed by atoms with Gasteiger partial charge >= 0.3 is 0 Å². The van der Waals surface area contributed by atoms with Crippen molar-refractivity contribution in [1.29, 1.82) is 5.26 Å². The fourth-order valence-corrected chi connectivity index (χ4v) is 3.78. The molecule has 4 nitrogen and oxygen atoms in total. The van der Waals surface area contributed by atoms with E-state index in [0.29, 0.717) is 19.4 Å². The predicted molar refractivity (Wildman–Crippen MR) is 79.0 cm³/mol. The van der Waals surface area contributed by atoms with Crippen molar-refractivity contribution in [2.24, 2.45) is 5.92 Å². The van der Waals surface area contributed by atoms with E-state index < -0.39 is 0 Å². The average molecular weight is 277 g/mol. The predicted octanol–water partition coefficient (Wildman–Crippen LogP) is 2.40. The molecule has 20 heavy (non-hydrogen) atoms. The molecular weight excluding hydrogens is 250 g/mol. The fourth-order valence-electron chi connectivity index (χ4n) is 3.78. The van der Waals surface area contributed by atoms with Crippen LogP contribution in [0.1, 0.15) is 51.4 Å². The van der Waals surface area contributed by atoms with Gasteiger partial charge < -0.3 is 4.90 Å². The summed E-state index contributed by atoms with van der Waals surface area (Å²) in [6.07, 6.45) is 9.16. The van der Waals surface area contributed by atoms with Crippen LogP contribution in [0.4, 0.5) is 0 Å². The third kappa shape index (κ3) is 3.96. The first-order valence-electron chi connectivity index (χ1n) is 8.07. The topological polar surface area (TPSA) is 47.3 Å². The van der Waals surface area contributed by atoms with Crippen molar-refractivity contribution in [2.75, 3.05) is 26.7 Å². The van der Waals surface area contributed by atoms with Crippen molar-refractivity contribution < 1.29 is 4.79 Å². The number of nitrogens with zero attached hydrogens (tertiary/aromatic N) is 3. The fraction of sp³-hybridized carbons (Fsp3) is 0.875. The van der Waals surface area contributed by atoms with Crippen molar-refractivity contribution >= 4 is 5.91 Å². The van der Waals surface area contributed by atoms with Crippen molar-refractivity contribution in [3.8, 4) is 6.07 Å². The second-order valence-electron chi connectivity index (χ2n) is 6.26. The first-order chi connectivity index (χ1) is 9.72. The van der Waals surface area contributed by atoms with Gasteiger partial charge in [-0.1, -0.05) is 12.8 Å². The third-order valence-electron chi connectivity index (χ3n) is 4.96. The Morgan fingerprint density at radius 1 is 1.30 bits per heavy atom. The maximum atomic E-state index is 12.0. The minimum atomic E-state index is 0.179. The molecule has 0 radical (unpaired) electrons. The Hall–Kier alpha value is -1.08. The lowest BCUT2D eigenvalue weighted by Crippen LogP contribution is -2.47. The van der Waals surface area contributed by atoms with Gasteiger partial charge in [-0.15, -0.1) is 0 Å². The smallest absolute Gasteiger partial charge is 0.223 e. The van der Waals surface area contributed by atoms with Gasteiger partial charge in [-0.25, -0.2) is 0 Å². The molecule has 0 bridgehead atoms. The number of nitriles is 1. The third-order valence-corrected chi connectivity index (χ3v) is 4.96. The van der Waals surface area contributed by atoms with Crippen LogP contribution in [0.15, 0.2) is 0 Å². The summed E-state index contributed by atoms with van der Waals surface area (Å²) in [5.74, 6) is 1.06. The highest BCUT2D eigenvalue weighted by Crippen LogP contribution is 2.35. The van der Waals surface area contributed by atoms with Gasteiger partial charge in [-0.05, 0) is 38.1 Å². The number of carbonyl (C=O) groups is 1. The van der Waals surface area contributed by atoms with Crippen LogP contribution < -0.4 is 0 Å². The number of hydrogen-bond donors (Lipinski definition) is 0. The van der Waals surface area contributed by atoms with E-state index >= 15 is 0 Å². The molecule has 2 aliphatic rings. The van der Waals surface area contributed by atoms with Gasteiger partial charge in [0.15, 0.2) is 0 Å². The molecule has 0 N–H and O–H groups in total. The van der Waals surface area contributed by atoms with Gasteiger partial charge in [0.1, 0.15) is 0 Å². The number of hydrogen-bond acceptors (Lipinski definition) is 3. The molecule has 0 aromatic carbocycles. The summed E-state index contributed by atoms with van der Waals surface area (Å²) in [5.41, 5.74) is 0. The van der Waals surface area contributed by atoms with E-state index in [0.717, 1.165) is 25.0 Å². The number of piperidine rings is 1. The second kappa shape index (κ2) is 7.64. The molecule has 0 aromatic heterocycles. The summed E-state index contributed by atoms with van der Waals surface area (Å²) in [4.78, 5) is 16.3. The maximum Gasteiger partial charge on any atom is 0.223 e. The van der Waals surface area contributed by atoms with Crippen LogP contribution >= 0.6 is 0 Å². The summed E-state index contributed by atoms with van der Waals surface area (Å²) in [7, 11) is 1.80. The van der Waals surface area contributed by atoms with Crippen LogP contribution in [-0.4, -0.2) is 48.4 Å². The summed E-state index contributed by atoms with van der Waals surface area (Å²) >= 11 is 0. The SMILES string of the molecule is CN(CCC#N)C(=O)CCN1CCCC2CCCCC21. The molecule has 1 saturated heterocycles.